The first-order valence-electron chi connectivity index (χ1n) is 7.71. The van der Waals surface area contributed by atoms with E-state index in [-0.39, 0.29) is 18.3 Å². The highest BCUT2D eigenvalue weighted by molar-refractivity contribution is 5.89. The summed E-state index contributed by atoms with van der Waals surface area (Å²) in [5.41, 5.74) is 0.752. The van der Waals surface area contributed by atoms with E-state index in [9.17, 15) is 13.6 Å². The highest BCUT2D eigenvalue weighted by atomic mass is 19.1. The molecule has 1 atom stereocenters. The van der Waals surface area contributed by atoms with E-state index in [0.29, 0.717) is 0 Å². The quantitative estimate of drug-likeness (QED) is 0.840. The number of likely N-dealkylation sites (N-methyl/N-ethyl adjacent to an activating group) is 1. The molecule has 0 aliphatic carbocycles. The molecule has 0 bridgehead atoms. The first-order valence-corrected chi connectivity index (χ1v) is 7.71. The molecule has 2 N–H and O–H groups in total. The zero-order valence-corrected chi connectivity index (χ0v) is 14.3. The maximum Gasteiger partial charge on any atom is 0.319 e. The van der Waals surface area contributed by atoms with Crippen LogP contribution in [-0.4, -0.2) is 38.7 Å². The van der Waals surface area contributed by atoms with E-state index in [1.165, 1.54) is 0 Å². The van der Waals surface area contributed by atoms with Crippen LogP contribution >= 0.6 is 0 Å². The van der Waals surface area contributed by atoms with E-state index in [2.05, 4.69) is 10.6 Å². The molecule has 0 saturated carbocycles. The van der Waals surface area contributed by atoms with Gasteiger partial charge < -0.3 is 20.3 Å². The molecule has 0 saturated heterocycles. The zero-order chi connectivity index (χ0) is 18.4. The highest BCUT2D eigenvalue weighted by Crippen LogP contribution is 2.22. The number of rotatable bonds is 6. The third-order valence-electron chi connectivity index (χ3n) is 3.73. The van der Waals surface area contributed by atoms with Crippen molar-refractivity contribution in [3.8, 4) is 5.75 Å². The van der Waals surface area contributed by atoms with E-state index in [0.717, 1.165) is 29.5 Å². The third-order valence-corrected chi connectivity index (χ3v) is 3.73. The number of halogens is 2. The van der Waals surface area contributed by atoms with Crippen LogP contribution in [0.15, 0.2) is 42.5 Å². The second-order valence-corrected chi connectivity index (χ2v) is 5.72. The van der Waals surface area contributed by atoms with E-state index in [1.54, 1.807) is 7.11 Å². The Hall–Kier alpha value is -2.67. The molecule has 0 spiro atoms. The molecule has 0 aliphatic heterocycles. The van der Waals surface area contributed by atoms with Crippen molar-refractivity contribution in [3.63, 3.8) is 0 Å². The number of hydrogen-bond donors (Lipinski definition) is 2. The van der Waals surface area contributed by atoms with Crippen LogP contribution < -0.4 is 15.4 Å². The van der Waals surface area contributed by atoms with Crippen molar-refractivity contribution in [3.05, 3.63) is 59.7 Å². The molecule has 7 heteroatoms. The van der Waals surface area contributed by atoms with Crippen LogP contribution in [0.3, 0.4) is 0 Å². The first-order chi connectivity index (χ1) is 11.9. The molecule has 2 aromatic rings. The maximum atomic E-state index is 13.6. The molecule has 134 valence electrons. The monoisotopic (exact) mass is 349 g/mol. The van der Waals surface area contributed by atoms with Gasteiger partial charge in [0, 0.05) is 12.6 Å². The summed E-state index contributed by atoms with van der Waals surface area (Å²) in [4.78, 5) is 13.9. The van der Waals surface area contributed by atoms with Crippen molar-refractivity contribution >= 4 is 11.7 Å². The lowest BCUT2D eigenvalue weighted by molar-refractivity contribution is 0.243. The lowest BCUT2D eigenvalue weighted by atomic mass is 10.1. The van der Waals surface area contributed by atoms with Gasteiger partial charge in [-0.1, -0.05) is 12.1 Å². The van der Waals surface area contributed by atoms with Crippen LogP contribution in [0.25, 0.3) is 0 Å². The fourth-order valence-electron chi connectivity index (χ4n) is 2.40. The number of urea groups is 1. The summed E-state index contributed by atoms with van der Waals surface area (Å²) in [6.07, 6.45) is 0. The lowest BCUT2D eigenvalue weighted by Crippen LogP contribution is -2.37. The van der Waals surface area contributed by atoms with Crippen LogP contribution in [0.2, 0.25) is 0 Å². The number of anilines is 1. The van der Waals surface area contributed by atoms with Crippen molar-refractivity contribution in [2.45, 2.75) is 6.04 Å². The average molecular weight is 349 g/mol. The topological polar surface area (TPSA) is 53.6 Å². The largest absolute Gasteiger partial charge is 0.497 e. The van der Waals surface area contributed by atoms with Crippen molar-refractivity contribution in [1.29, 1.82) is 0 Å². The molecule has 0 heterocycles. The molecule has 2 amide bonds. The molecule has 0 radical (unpaired) electrons. The number of methoxy groups -OCH3 is 1. The first kappa shape index (κ1) is 18.7. The summed E-state index contributed by atoms with van der Waals surface area (Å²) in [6.45, 7) is 0.281. The number of ether oxygens (including phenoxy) is 1. The number of hydrogen-bond acceptors (Lipinski definition) is 3. The van der Waals surface area contributed by atoms with Crippen LogP contribution in [0.5, 0.6) is 5.75 Å². The fraction of sp³-hybridized carbons (Fsp3) is 0.278. The Morgan fingerprint density at radius 2 is 1.96 bits per heavy atom. The van der Waals surface area contributed by atoms with Gasteiger partial charge in [-0.2, -0.15) is 0 Å². The van der Waals surface area contributed by atoms with Crippen LogP contribution in [0.4, 0.5) is 19.3 Å². The van der Waals surface area contributed by atoms with Crippen molar-refractivity contribution in [2.75, 3.05) is 33.1 Å². The third kappa shape index (κ3) is 5.15. The smallest absolute Gasteiger partial charge is 0.319 e. The Bertz CT molecular complexity index is 738. The molecule has 2 rings (SSSR count). The minimum Gasteiger partial charge on any atom is -0.497 e. The van der Waals surface area contributed by atoms with E-state index < -0.39 is 17.7 Å². The standard InChI is InChI=1S/C18H21F2N3O2/c1-23(2)17(12-5-4-6-14(9-12)25-3)11-21-18(24)22-16-10-13(19)7-8-15(16)20/h4-10,17H,11H2,1-3H3,(H2,21,22,24). The van der Waals surface area contributed by atoms with E-state index in [1.807, 2.05) is 43.3 Å². The molecule has 0 fully saturated rings. The predicted octanol–water partition coefficient (Wildman–Crippen LogP) is 3.40. The maximum absolute atomic E-state index is 13.6. The molecule has 0 aliphatic rings. The average Bonchev–Trinajstić information content (AvgIpc) is 2.58. The highest BCUT2D eigenvalue weighted by Gasteiger charge is 2.16. The van der Waals surface area contributed by atoms with Gasteiger partial charge in [-0.3, -0.25) is 0 Å². The lowest BCUT2D eigenvalue weighted by Gasteiger charge is -2.25. The van der Waals surface area contributed by atoms with E-state index in [4.69, 9.17) is 4.74 Å². The van der Waals surface area contributed by atoms with Gasteiger partial charge in [0.05, 0.1) is 18.8 Å². The Morgan fingerprint density at radius 1 is 1.20 bits per heavy atom. The van der Waals surface area contributed by atoms with Crippen LogP contribution in [0.1, 0.15) is 11.6 Å². The molecule has 0 aromatic heterocycles. The van der Waals surface area contributed by atoms with Gasteiger partial charge in [0.1, 0.15) is 17.4 Å². The minimum absolute atomic E-state index is 0.113. The van der Waals surface area contributed by atoms with Crippen LogP contribution in [-0.2, 0) is 0 Å². The summed E-state index contributed by atoms with van der Waals surface area (Å²) in [7, 11) is 5.36. The Morgan fingerprint density at radius 3 is 2.64 bits per heavy atom. The number of nitrogens with zero attached hydrogens (tertiary/aromatic N) is 1. The normalized spacial score (nSPS) is 11.9. The molecule has 25 heavy (non-hydrogen) atoms. The number of carbonyl (C=O) groups excluding carboxylic acids is 1. The summed E-state index contributed by atoms with van der Waals surface area (Å²) >= 11 is 0. The molecular formula is C18H21F2N3O2. The Labute approximate surface area is 145 Å². The van der Waals surface area contributed by atoms with Gasteiger partial charge in [-0.15, -0.1) is 0 Å². The van der Waals surface area contributed by atoms with Gasteiger partial charge in [-0.25, -0.2) is 13.6 Å². The van der Waals surface area contributed by atoms with Gasteiger partial charge >= 0.3 is 6.03 Å². The van der Waals surface area contributed by atoms with Gasteiger partial charge in [0.15, 0.2) is 0 Å². The predicted molar refractivity (Wildman–Crippen MR) is 92.8 cm³/mol. The fourth-order valence-corrected chi connectivity index (χ4v) is 2.40. The number of amides is 2. The van der Waals surface area contributed by atoms with Crippen LogP contribution in [0, 0.1) is 11.6 Å². The number of carbonyl (C=O) groups is 1. The zero-order valence-electron chi connectivity index (χ0n) is 14.3. The Kier molecular flexibility index (Phi) is 6.30. The second kappa shape index (κ2) is 8.43. The van der Waals surface area contributed by atoms with Gasteiger partial charge in [0.2, 0.25) is 0 Å². The second-order valence-electron chi connectivity index (χ2n) is 5.72. The number of nitrogens with one attached hydrogen (secondary N) is 2. The van der Waals surface area contributed by atoms with Crippen molar-refractivity contribution in [1.82, 2.24) is 10.2 Å². The SMILES string of the molecule is COc1cccc(C(CNC(=O)Nc2cc(F)ccc2F)N(C)C)c1. The van der Waals surface area contributed by atoms with Crippen molar-refractivity contribution < 1.29 is 18.3 Å². The minimum atomic E-state index is -0.700. The van der Waals surface area contributed by atoms with E-state index >= 15 is 0 Å². The molecule has 2 aromatic carbocycles. The summed E-state index contributed by atoms with van der Waals surface area (Å²) in [5.74, 6) is -0.608. The van der Waals surface area contributed by atoms with Gasteiger partial charge in [0.25, 0.3) is 0 Å². The summed E-state index contributed by atoms with van der Waals surface area (Å²) < 4.78 is 31.9. The Balaban J connectivity index is 2.03. The van der Waals surface area contributed by atoms with Crippen molar-refractivity contribution in [2.24, 2.45) is 0 Å². The summed E-state index contributed by atoms with van der Waals surface area (Å²) in [6, 6.07) is 9.68. The summed E-state index contributed by atoms with van der Waals surface area (Å²) in [5, 5.41) is 4.98. The number of benzene rings is 2. The molecule has 5 nitrogen and oxygen atoms in total. The molecular weight excluding hydrogens is 328 g/mol. The van der Waals surface area contributed by atoms with Gasteiger partial charge in [-0.05, 0) is 43.9 Å². The molecule has 1 unspecified atom stereocenters.